The van der Waals surface area contributed by atoms with E-state index in [9.17, 15) is 27.5 Å². The molecule has 5 N–H and O–H groups in total. The van der Waals surface area contributed by atoms with Crippen LogP contribution in [0.1, 0.15) is 78.5 Å². The quantitative estimate of drug-likeness (QED) is 0.133. The first kappa shape index (κ1) is 34.1. The van der Waals surface area contributed by atoms with Gasteiger partial charge in [0.2, 0.25) is 5.91 Å². The molecule has 2 aliphatic carbocycles. The first-order valence-electron chi connectivity index (χ1n) is 16.0. The number of benzene rings is 2. The van der Waals surface area contributed by atoms with Gasteiger partial charge in [0.25, 0.3) is 12.3 Å². The SMILES string of the molecule is Cn1nc(N)c2cccc(-c3ccc(C#CC(C)(C)O)nc3[C@@H](Cc3cc(F)cc(F)c3)C(C(N)=O)n3nc(C(F)F)c4c3C(F)(F)[C@@H]3C[C@H]43)c21. The smallest absolute Gasteiger partial charge is 0.293 e. The normalized spacial score (nSPS) is 18.6. The number of amides is 1. The molecule has 1 unspecified atom stereocenters. The van der Waals surface area contributed by atoms with Gasteiger partial charge >= 0.3 is 0 Å². The molecule has 0 radical (unpaired) electrons. The van der Waals surface area contributed by atoms with E-state index in [0.29, 0.717) is 32.8 Å². The molecular weight excluding hydrogens is 676 g/mol. The van der Waals surface area contributed by atoms with Crippen LogP contribution in [0.4, 0.5) is 32.2 Å². The van der Waals surface area contributed by atoms with Gasteiger partial charge in [-0.05, 0) is 74.4 Å². The van der Waals surface area contributed by atoms with Crippen molar-refractivity contribution in [2.75, 3.05) is 5.73 Å². The Hall–Kier alpha value is -5.36. The van der Waals surface area contributed by atoms with Crippen molar-refractivity contribution in [2.45, 2.75) is 62.5 Å². The third-order valence-corrected chi connectivity index (χ3v) is 9.39. The monoisotopic (exact) mass is 707 g/mol. The van der Waals surface area contributed by atoms with Crippen LogP contribution in [0.2, 0.25) is 0 Å². The summed E-state index contributed by atoms with van der Waals surface area (Å²) in [5, 5.41) is 19.1. The number of aryl methyl sites for hydroxylation is 1. The van der Waals surface area contributed by atoms with E-state index in [1.54, 1.807) is 31.3 Å². The van der Waals surface area contributed by atoms with Crippen molar-refractivity contribution in [1.82, 2.24) is 24.5 Å². The molecule has 51 heavy (non-hydrogen) atoms. The molecule has 7 rings (SSSR count). The Morgan fingerprint density at radius 1 is 1.08 bits per heavy atom. The lowest BCUT2D eigenvalue weighted by molar-refractivity contribution is -0.122. The fourth-order valence-corrected chi connectivity index (χ4v) is 7.30. The zero-order valence-electron chi connectivity index (χ0n) is 27.4. The number of primary amides is 1. The Bertz CT molecular complexity index is 2280. The Kier molecular flexibility index (Phi) is 7.94. The fourth-order valence-electron chi connectivity index (χ4n) is 7.30. The number of anilines is 1. The Morgan fingerprint density at radius 3 is 2.43 bits per heavy atom. The minimum Gasteiger partial charge on any atom is -0.382 e. The number of hydrogen-bond acceptors (Lipinski definition) is 6. The molecule has 5 aromatic rings. The molecular formula is C36H31F6N7O2. The summed E-state index contributed by atoms with van der Waals surface area (Å²) in [6.07, 6.45) is -3.71. The summed E-state index contributed by atoms with van der Waals surface area (Å²) in [7, 11) is 1.64. The van der Waals surface area contributed by atoms with Gasteiger partial charge in [0, 0.05) is 47.0 Å². The van der Waals surface area contributed by atoms with E-state index in [4.69, 9.17) is 16.5 Å². The van der Waals surface area contributed by atoms with E-state index in [2.05, 4.69) is 22.0 Å². The predicted molar refractivity (Wildman–Crippen MR) is 174 cm³/mol. The average molecular weight is 708 g/mol. The second-order valence-electron chi connectivity index (χ2n) is 13.5. The maximum Gasteiger partial charge on any atom is 0.293 e. The number of aliphatic hydroxyl groups is 1. The van der Waals surface area contributed by atoms with Crippen LogP contribution in [0, 0.1) is 29.4 Å². The number of halogens is 6. The Morgan fingerprint density at radius 2 is 1.78 bits per heavy atom. The van der Waals surface area contributed by atoms with E-state index in [0.717, 1.165) is 12.1 Å². The molecule has 2 aliphatic rings. The van der Waals surface area contributed by atoms with E-state index in [1.165, 1.54) is 24.6 Å². The number of nitrogen functional groups attached to an aromatic ring is 1. The highest BCUT2D eigenvalue weighted by molar-refractivity contribution is 6.00. The fraction of sp³-hybridized carbons (Fsp3) is 0.333. The van der Waals surface area contributed by atoms with E-state index >= 15 is 8.78 Å². The number of carbonyl (C=O) groups excluding carboxylic acids is 1. The predicted octanol–water partition coefficient (Wildman–Crippen LogP) is 6.01. The van der Waals surface area contributed by atoms with Gasteiger partial charge in [0.1, 0.15) is 40.4 Å². The highest BCUT2D eigenvalue weighted by Crippen LogP contribution is 2.68. The molecule has 0 bridgehead atoms. The summed E-state index contributed by atoms with van der Waals surface area (Å²) in [5.41, 5.74) is 9.99. The van der Waals surface area contributed by atoms with Crippen LogP contribution in [0.25, 0.3) is 22.0 Å². The number of para-hydroxylation sites is 1. The van der Waals surface area contributed by atoms with Crippen molar-refractivity contribution in [3.05, 3.63) is 94.1 Å². The summed E-state index contributed by atoms with van der Waals surface area (Å²) in [6, 6.07) is 8.94. The van der Waals surface area contributed by atoms with Crippen molar-refractivity contribution in [2.24, 2.45) is 18.7 Å². The standard InChI is InChI=1S/C36H31F6N7O2/c1-35(2,51)10-9-19-7-8-20(21-5-4-6-22-29(21)48(3)47-33(22)43)27(45-19)24(13-16-11-17(37)14-18(38)12-16)30(34(44)50)49-31-26(28(46-49)32(39)40)23-15-25(23)36(31,41)42/h4-8,11-12,14,23-25,30,32,51H,13,15H2,1-3H3,(H2,43,47)(H2,44,50)/t23-,24+,25+,30?/m0/s1. The topological polar surface area (TPSA) is 138 Å². The molecule has 9 nitrogen and oxygen atoms in total. The third kappa shape index (κ3) is 5.86. The molecule has 0 spiro atoms. The van der Waals surface area contributed by atoms with Crippen molar-refractivity contribution < 1.29 is 36.2 Å². The van der Waals surface area contributed by atoms with Gasteiger partial charge in [-0.1, -0.05) is 18.1 Å². The van der Waals surface area contributed by atoms with Crippen molar-refractivity contribution in [3.8, 4) is 23.0 Å². The van der Waals surface area contributed by atoms with Crippen LogP contribution in [0.3, 0.4) is 0 Å². The number of fused-ring (bicyclic) bond motifs is 4. The highest BCUT2D eigenvalue weighted by atomic mass is 19.3. The molecule has 1 amide bonds. The van der Waals surface area contributed by atoms with Crippen LogP contribution in [-0.4, -0.2) is 41.2 Å². The molecule has 1 saturated carbocycles. The summed E-state index contributed by atoms with van der Waals surface area (Å²) < 4.78 is 92.0. The molecule has 2 aromatic carbocycles. The van der Waals surface area contributed by atoms with Gasteiger partial charge in [-0.3, -0.25) is 9.48 Å². The van der Waals surface area contributed by atoms with Crippen molar-refractivity contribution >= 4 is 22.6 Å². The number of alkyl halides is 4. The minimum atomic E-state index is -3.63. The maximum atomic E-state index is 15.9. The number of carbonyl (C=O) groups is 1. The number of hydrogen-bond donors (Lipinski definition) is 3. The molecule has 264 valence electrons. The van der Waals surface area contributed by atoms with Crippen LogP contribution >= 0.6 is 0 Å². The molecule has 3 heterocycles. The van der Waals surface area contributed by atoms with Gasteiger partial charge in [0.05, 0.1) is 11.2 Å². The summed E-state index contributed by atoms with van der Waals surface area (Å²) in [4.78, 5) is 18.4. The van der Waals surface area contributed by atoms with Gasteiger partial charge in [-0.2, -0.15) is 19.0 Å². The molecule has 3 aromatic heterocycles. The number of aromatic nitrogens is 5. The van der Waals surface area contributed by atoms with Gasteiger partial charge < -0.3 is 16.6 Å². The zero-order valence-corrected chi connectivity index (χ0v) is 27.4. The first-order valence-corrected chi connectivity index (χ1v) is 16.0. The molecule has 0 aliphatic heterocycles. The van der Waals surface area contributed by atoms with Crippen LogP contribution in [0.5, 0.6) is 0 Å². The van der Waals surface area contributed by atoms with Gasteiger partial charge in [0.15, 0.2) is 5.82 Å². The van der Waals surface area contributed by atoms with Crippen LogP contribution in [-0.2, 0) is 24.2 Å². The molecule has 0 saturated heterocycles. The van der Waals surface area contributed by atoms with Gasteiger partial charge in [-0.25, -0.2) is 27.2 Å². The number of nitrogens with two attached hydrogens (primary N) is 2. The van der Waals surface area contributed by atoms with Crippen molar-refractivity contribution in [3.63, 3.8) is 0 Å². The molecule has 1 fully saturated rings. The Balaban J connectivity index is 1.54. The first-order chi connectivity index (χ1) is 24.0. The molecule has 15 heteroatoms. The average Bonchev–Trinajstić information content (AvgIpc) is 3.59. The largest absolute Gasteiger partial charge is 0.382 e. The lowest BCUT2D eigenvalue weighted by Gasteiger charge is -2.29. The summed E-state index contributed by atoms with van der Waals surface area (Å²) in [5.74, 6) is -4.75. The second-order valence-corrected chi connectivity index (χ2v) is 13.5. The van der Waals surface area contributed by atoms with Crippen LogP contribution in [0.15, 0.2) is 48.5 Å². The highest BCUT2D eigenvalue weighted by Gasteiger charge is 2.67. The molecule has 4 atom stereocenters. The minimum absolute atomic E-state index is 0.00685. The maximum absolute atomic E-state index is 15.9. The third-order valence-electron chi connectivity index (χ3n) is 9.39. The number of nitrogens with zero attached hydrogens (tertiary/aromatic N) is 5. The zero-order chi connectivity index (χ0) is 36.7. The van der Waals surface area contributed by atoms with Crippen molar-refractivity contribution in [1.29, 1.82) is 0 Å². The Labute approximate surface area is 287 Å². The van der Waals surface area contributed by atoms with E-state index < -0.39 is 77.1 Å². The summed E-state index contributed by atoms with van der Waals surface area (Å²) in [6.45, 7) is 2.88. The van der Waals surface area contributed by atoms with E-state index in [-0.39, 0.29) is 34.8 Å². The lowest BCUT2D eigenvalue weighted by atomic mass is 9.84. The summed E-state index contributed by atoms with van der Waals surface area (Å²) >= 11 is 0. The lowest BCUT2D eigenvalue weighted by Crippen LogP contribution is -2.37. The van der Waals surface area contributed by atoms with Crippen LogP contribution < -0.4 is 11.5 Å². The second kappa shape index (κ2) is 11.9. The van der Waals surface area contributed by atoms with Gasteiger partial charge in [-0.15, -0.1) is 0 Å². The number of pyridine rings is 1. The van der Waals surface area contributed by atoms with E-state index in [1.807, 2.05) is 0 Å². The number of rotatable bonds is 8.